The fourth-order valence-corrected chi connectivity index (χ4v) is 3.96. The topological polar surface area (TPSA) is 37.4 Å². The van der Waals surface area contributed by atoms with Gasteiger partial charge in [0, 0.05) is 37.7 Å². The highest BCUT2D eigenvalue weighted by molar-refractivity contribution is 7.15. The van der Waals surface area contributed by atoms with E-state index in [1.54, 1.807) is 7.11 Å². The molecule has 0 aromatic carbocycles. The van der Waals surface area contributed by atoms with Crippen molar-refractivity contribution in [2.75, 3.05) is 31.7 Å². The summed E-state index contributed by atoms with van der Waals surface area (Å²) in [5.41, 5.74) is 1.26. The number of rotatable bonds is 7. The van der Waals surface area contributed by atoms with E-state index in [9.17, 15) is 0 Å². The van der Waals surface area contributed by atoms with Crippen molar-refractivity contribution < 1.29 is 4.74 Å². The monoisotopic (exact) mass is 311 g/mol. The highest BCUT2D eigenvalue weighted by atomic mass is 32.1. The summed E-state index contributed by atoms with van der Waals surface area (Å²) >= 11 is 1.86. The standard InChI is InChI=1S/C16H29N3OS/c1-5-14-15(9-17-12(2)3)21-16(18-14)19-8-6-7-13(10-19)11-20-4/h12-13,17H,5-11H2,1-4H3. The molecular weight excluding hydrogens is 282 g/mol. The van der Waals surface area contributed by atoms with Gasteiger partial charge in [0.2, 0.25) is 0 Å². The Hall–Kier alpha value is -0.650. The summed E-state index contributed by atoms with van der Waals surface area (Å²) < 4.78 is 5.33. The lowest BCUT2D eigenvalue weighted by atomic mass is 9.99. The van der Waals surface area contributed by atoms with E-state index in [0.717, 1.165) is 32.7 Å². The maximum absolute atomic E-state index is 5.33. The van der Waals surface area contributed by atoms with Crippen molar-refractivity contribution in [1.82, 2.24) is 10.3 Å². The van der Waals surface area contributed by atoms with Crippen molar-refractivity contribution >= 4 is 16.5 Å². The van der Waals surface area contributed by atoms with Gasteiger partial charge in [0.15, 0.2) is 5.13 Å². The smallest absolute Gasteiger partial charge is 0.185 e. The molecule has 120 valence electrons. The minimum atomic E-state index is 0.515. The van der Waals surface area contributed by atoms with Crippen molar-refractivity contribution in [1.29, 1.82) is 0 Å². The van der Waals surface area contributed by atoms with Crippen LogP contribution in [0.3, 0.4) is 0 Å². The molecule has 1 aromatic rings. The van der Waals surface area contributed by atoms with Crippen LogP contribution in [-0.4, -0.2) is 37.8 Å². The van der Waals surface area contributed by atoms with Crippen molar-refractivity contribution in [3.63, 3.8) is 0 Å². The first-order chi connectivity index (χ1) is 10.1. The highest BCUT2D eigenvalue weighted by Crippen LogP contribution is 2.30. The maximum atomic E-state index is 5.33. The minimum Gasteiger partial charge on any atom is -0.384 e. The minimum absolute atomic E-state index is 0.515. The van der Waals surface area contributed by atoms with Crippen LogP contribution in [-0.2, 0) is 17.7 Å². The zero-order valence-electron chi connectivity index (χ0n) is 13.8. The number of aromatic nitrogens is 1. The third-order valence-electron chi connectivity index (χ3n) is 3.96. The van der Waals surface area contributed by atoms with E-state index in [1.807, 2.05) is 11.3 Å². The van der Waals surface area contributed by atoms with Crippen LogP contribution in [0.5, 0.6) is 0 Å². The molecule has 4 nitrogen and oxygen atoms in total. The lowest BCUT2D eigenvalue weighted by molar-refractivity contribution is 0.143. The number of aryl methyl sites for hydroxylation is 1. The first kappa shape index (κ1) is 16.7. The summed E-state index contributed by atoms with van der Waals surface area (Å²) in [7, 11) is 1.80. The first-order valence-electron chi connectivity index (χ1n) is 8.09. The molecule has 1 unspecified atom stereocenters. The lowest BCUT2D eigenvalue weighted by Gasteiger charge is -2.32. The van der Waals surface area contributed by atoms with Gasteiger partial charge in [0.05, 0.1) is 12.3 Å². The highest BCUT2D eigenvalue weighted by Gasteiger charge is 2.23. The number of hydrogen-bond donors (Lipinski definition) is 1. The largest absolute Gasteiger partial charge is 0.384 e. The van der Waals surface area contributed by atoms with Gasteiger partial charge in [-0.1, -0.05) is 20.8 Å². The van der Waals surface area contributed by atoms with Crippen LogP contribution in [0, 0.1) is 5.92 Å². The lowest BCUT2D eigenvalue weighted by Crippen LogP contribution is -2.37. The second-order valence-electron chi connectivity index (χ2n) is 6.17. The Balaban J connectivity index is 2.05. The van der Waals surface area contributed by atoms with E-state index in [-0.39, 0.29) is 0 Å². The van der Waals surface area contributed by atoms with Crippen LogP contribution in [0.4, 0.5) is 5.13 Å². The number of piperidine rings is 1. The maximum Gasteiger partial charge on any atom is 0.185 e. The van der Waals surface area contributed by atoms with E-state index in [2.05, 4.69) is 31.0 Å². The molecule has 0 radical (unpaired) electrons. The third-order valence-corrected chi connectivity index (χ3v) is 5.12. The third kappa shape index (κ3) is 4.66. The van der Waals surface area contributed by atoms with Gasteiger partial charge < -0.3 is 15.0 Å². The van der Waals surface area contributed by atoms with Crippen molar-refractivity contribution in [2.24, 2.45) is 5.92 Å². The van der Waals surface area contributed by atoms with E-state index in [0.29, 0.717) is 12.0 Å². The van der Waals surface area contributed by atoms with Crippen LogP contribution in [0.2, 0.25) is 0 Å². The summed E-state index contributed by atoms with van der Waals surface area (Å²) in [6, 6.07) is 0.515. The van der Waals surface area contributed by atoms with Crippen LogP contribution in [0.25, 0.3) is 0 Å². The molecule has 0 amide bonds. The zero-order chi connectivity index (χ0) is 15.2. The van der Waals surface area contributed by atoms with E-state index in [4.69, 9.17) is 9.72 Å². The number of anilines is 1. The molecule has 1 saturated heterocycles. The van der Waals surface area contributed by atoms with E-state index < -0.39 is 0 Å². The van der Waals surface area contributed by atoms with Gasteiger partial charge in [0.25, 0.3) is 0 Å². The fourth-order valence-electron chi connectivity index (χ4n) is 2.83. The van der Waals surface area contributed by atoms with Crippen LogP contribution < -0.4 is 10.2 Å². The van der Waals surface area contributed by atoms with Gasteiger partial charge in [-0.15, -0.1) is 11.3 Å². The zero-order valence-corrected chi connectivity index (χ0v) is 14.6. The molecule has 0 bridgehead atoms. The SMILES string of the molecule is CCc1nc(N2CCCC(COC)C2)sc1CNC(C)C. The Morgan fingerprint density at radius 3 is 2.95 bits per heavy atom. The Bertz CT molecular complexity index is 431. The molecule has 21 heavy (non-hydrogen) atoms. The molecule has 5 heteroatoms. The first-order valence-corrected chi connectivity index (χ1v) is 8.91. The molecule has 1 aliphatic heterocycles. The summed E-state index contributed by atoms with van der Waals surface area (Å²) in [5, 5.41) is 4.72. The predicted octanol–water partition coefficient (Wildman–Crippen LogP) is 3.07. The molecule has 0 saturated carbocycles. The molecule has 0 aliphatic carbocycles. The average molecular weight is 311 g/mol. The van der Waals surface area contributed by atoms with Gasteiger partial charge >= 0.3 is 0 Å². The number of thiazole rings is 1. The number of methoxy groups -OCH3 is 1. The van der Waals surface area contributed by atoms with E-state index in [1.165, 1.54) is 28.5 Å². The molecule has 0 spiro atoms. The average Bonchev–Trinajstić information content (AvgIpc) is 2.89. The molecule has 2 rings (SSSR count). The molecular formula is C16H29N3OS. The van der Waals surface area contributed by atoms with Crippen molar-refractivity contribution in [3.05, 3.63) is 10.6 Å². The van der Waals surface area contributed by atoms with Gasteiger partial charge in [-0.05, 0) is 25.2 Å². The number of hydrogen-bond acceptors (Lipinski definition) is 5. The molecule has 1 fully saturated rings. The van der Waals surface area contributed by atoms with Crippen LogP contribution in [0.1, 0.15) is 44.2 Å². The quantitative estimate of drug-likeness (QED) is 0.840. The molecule has 1 N–H and O–H groups in total. The predicted molar refractivity (Wildman–Crippen MR) is 90.3 cm³/mol. The van der Waals surface area contributed by atoms with Crippen LogP contribution >= 0.6 is 11.3 Å². The van der Waals surface area contributed by atoms with Crippen molar-refractivity contribution in [2.45, 2.75) is 52.6 Å². The fraction of sp³-hybridized carbons (Fsp3) is 0.812. The summed E-state index contributed by atoms with van der Waals surface area (Å²) in [4.78, 5) is 8.74. The summed E-state index contributed by atoms with van der Waals surface area (Å²) in [6.07, 6.45) is 3.54. The Labute approximate surface area is 132 Å². The van der Waals surface area contributed by atoms with E-state index >= 15 is 0 Å². The Morgan fingerprint density at radius 1 is 1.48 bits per heavy atom. The van der Waals surface area contributed by atoms with Crippen LogP contribution in [0.15, 0.2) is 0 Å². The number of nitrogens with zero attached hydrogens (tertiary/aromatic N) is 2. The van der Waals surface area contributed by atoms with Gasteiger partial charge in [-0.25, -0.2) is 4.98 Å². The molecule has 1 atom stereocenters. The van der Waals surface area contributed by atoms with Gasteiger partial charge in [-0.3, -0.25) is 0 Å². The molecule has 2 heterocycles. The second-order valence-corrected chi connectivity index (χ2v) is 7.23. The summed E-state index contributed by atoms with van der Waals surface area (Å²) in [6.45, 7) is 10.6. The van der Waals surface area contributed by atoms with Crippen molar-refractivity contribution in [3.8, 4) is 0 Å². The second kappa shape index (κ2) is 8.11. The van der Waals surface area contributed by atoms with Gasteiger partial charge in [0.1, 0.15) is 0 Å². The van der Waals surface area contributed by atoms with Gasteiger partial charge in [-0.2, -0.15) is 0 Å². The molecule has 1 aromatic heterocycles. The normalized spacial score (nSPS) is 19.5. The Morgan fingerprint density at radius 2 is 2.29 bits per heavy atom. The summed E-state index contributed by atoms with van der Waals surface area (Å²) in [5.74, 6) is 0.648. The molecule has 1 aliphatic rings. The number of ether oxygens (including phenoxy) is 1. The Kier molecular flexibility index (Phi) is 6.45. The number of nitrogens with one attached hydrogen (secondary N) is 1.